The second-order valence-corrected chi connectivity index (χ2v) is 3.98. The number of unbranched alkanes of at least 4 members (excludes halogenated alkanes) is 1. The predicted molar refractivity (Wildman–Crippen MR) is 60.0 cm³/mol. The Labute approximate surface area is 108 Å². The van der Waals surface area contributed by atoms with Gasteiger partial charge in [0.2, 0.25) is 5.83 Å². The van der Waals surface area contributed by atoms with Gasteiger partial charge in [-0.15, -0.1) is 12.6 Å². The van der Waals surface area contributed by atoms with Crippen molar-refractivity contribution in [3.05, 3.63) is 12.4 Å². The topological polar surface area (TPSA) is 52.6 Å². The van der Waals surface area contributed by atoms with E-state index in [9.17, 15) is 22.8 Å². The van der Waals surface area contributed by atoms with E-state index in [1.165, 1.54) is 0 Å². The molecule has 0 saturated carbocycles. The highest BCUT2D eigenvalue weighted by Gasteiger charge is 2.24. The zero-order valence-corrected chi connectivity index (χ0v) is 10.4. The molecule has 4 nitrogen and oxygen atoms in total. The molecular weight excluding hydrogens is 273 g/mol. The lowest BCUT2D eigenvalue weighted by Gasteiger charge is -2.09. The van der Waals surface area contributed by atoms with E-state index in [-0.39, 0.29) is 25.9 Å². The number of hydrogen-bond donors (Lipinski definition) is 1. The number of ether oxygens (including phenoxy) is 2. The van der Waals surface area contributed by atoms with Gasteiger partial charge < -0.3 is 9.47 Å². The van der Waals surface area contributed by atoms with Crippen LogP contribution < -0.4 is 0 Å². The third-order valence-corrected chi connectivity index (χ3v) is 1.77. The second kappa shape index (κ2) is 8.02. The van der Waals surface area contributed by atoms with Gasteiger partial charge in [0.25, 0.3) is 0 Å². The monoisotopic (exact) mass is 286 g/mol. The fourth-order valence-corrected chi connectivity index (χ4v) is 0.919. The molecule has 0 aliphatic carbocycles. The minimum Gasteiger partial charge on any atom is -0.460 e. The number of thiol groups is 1. The van der Waals surface area contributed by atoms with Crippen LogP contribution in [0.3, 0.4) is 0 Å². The summed E-state index contributed by atoms with van der Waals surface area (Å²) in [5, 5.41) is -3.35. The van der Waals surface area contributed by atoms with Crippen LogP contribution in [0.15, 0.2) is 12.4 Å². The summed E-state index contributed by atoms with van der Waals surface area (Å²) in [6, 6.07) is 0. The Morgan fingerprint density at radius 1 is 1.22 bits per heavy atom. The lowest BCUT2D eigenvalue weighted by Crippen LogP contribution is -2.19. The van der Waals surface area contributed by atoms with E-state index < -0.39 is 29.6 Å². The van der Waals surface area contributed by atoms with Gasteiger partial charge in [0.1, 0.15) is 0 Å². The first-order valence-corrected chi connectivity index (χ1v) is 5.44. The van der Waals surface area contributed by atoms with Crippen molar-refractivity contribution in [2.75, 3.05) is 13.2 Å². The largest absolute Gasteiger partial charge is 0.460 e. The van der Waals surface area contributed by atoms with Crippen molar-refractivity contribution < 1.29 is 32.2 Å². The summed E-state index contributed by atoms with van der Waals surface area (Å²) in [6.07, 6.45) is 0.451. The Bertz CT molecular complexity index is 315. The van der Waals surface area contributed by atoms with Gasteiger partial charge >= 0.3 is 17.2 Å². The van der Waals surface area contributed by atoms with Crippen LogP contribution in [0.25, 0.3) is 0 Å². The van der Waals surface area contributed by atoms with Gasteiger partial charge in [-0.05, 0) is 12.8 Å². The van der Waals surface area contributed by atoms with Gasteiger partial charge in [0.15, 0.2) is 6.61 Å². The highest BCUT2D eigenvalue weighted by Crippen LogP contribution is 2.18. The van der Waals surface area contributed by atoms with Crippen molar-refractivity contribution in [3.8, 4) is 0 Å². The average molecular weight is 286 g/mol. The Kier molecular flexibility index (Phi) is 7.49. The third-order valence-electron chi connectivity index (χ3n) is 1.64. The molecule has 0 N–H and O–H groups in total. The minimum atomic E-state index is -3.35. The molecule has 0 amide bonds. The van der Waals surface area contributed by atoms with Crippen LogP contribution in [0.4, 0.5) is 13.2 Å². The van der Waals surface area contributed by atoms with Crippen molar-refractivity contribution in [3.63, 3.8) is 0 Å². The van der Waals surface area contributed by atoms with E-state index >= 15 is 0 Å². The van der Waals surface area contributed by atoms with Crippen LogP contribution in [-0.4, -0.2) is 30.4 Å². The second-order valence-electron chi connectivity index (χ2n) is 3.32. The smallest absolute Gasteiger partial charge is 0.366 e. The molecule has 0 fully saturated rings. The Morgan fingerprint density at radius 3 is 2.33 bits per heavy atom. The molecule has 0 aromatic heterocycles. The number of halogens is 3. The highest BCUT2D eigenvalue weighted by molar-refractivity contribution is 7.81. The summed E-state index contributed by atoms with van der Waals surface area (Å²) in [7, 11) is 0. The maximum absolute atomic E-state index is 12.2. The standard InChI is InChI=1S/C10H13F3O4S/c1-7(11)9(15)16-5-3-2-4-8(14)17-6-10(12,13)18/h18H,1-6H2. The first-order chi connectivity index (χ1) is 8.22. The first-order valence-electron chi connectivity index (χ1n) is 5.00. The molecule has 104 valence electrons. The minimum absolute atomic E-state index is 0.0855. The van der Waals surface area contributed by atoms with E-state index in [0.29, 0.717) is 0 Å². The van der Waals surface area contributed by atoms with Gasteiger partial charge in [-0.3, -0.25) is 4.79 Å². The first kappa shape index (κ1) is 16.8. The fraction of sp³-hybridized carbons (Fsp3) is 0.600. The molecule has 0 saturated heterocycles. The van der Waals surface area contributed by atoms with Gasteiger partial charge in [0, 0.05) is 6.42 Å². The van der Waals surface area contributed by atoms with E-state index in [1.807, 2.05) is 0 Å². The van der Waals surface area contributed by atoms with Crippen molar-refractivity contribution in [1.29, 1.82) is 0 Å². The molecule has 18 heavy (non-hydrogen) atoms. The van der Waals surface area contributed by atoms with Crippen LogP contribution in [0.5, 0.6) is 0 Å². The summed E-state index contributed by atoms with van der Waals surface area (Å²) in [5.74, 6) is -3.16. The van der Waals surface area contributed by atoms with Gasteiger partial charge in [0.05, 0.1) is 6.61 Å². The number of carbonyl (C=O) groups excluding carboxylic acids is 2. The molecule has 0 radical (unpaired) electrons. The summed E-state index contributed by atoms with van der Waals surface area (Å²) in [5.41, 5.74) is 0. The molecule has 0 atom stereocenters. The molecular formula is C10H13F3O4S. The lowest BCUT2D eigenvalue weighted by atomic mass is 10.2. The molecule has 0 spiro atoms. The maximum atomic E-state index is 12.2. The zero-order valence-electron chi connectivity index (χ0n) is 9.46. The number of esters is 2. The lowest BCUT2D eigenvalue weighted by molar-refractivity contribution is -0.149. The molecule has 0 unspecified atom stereocenters. The number of hydrogen-bond acceptors (Lipinski definition) is 5. The molecule has 0 rings (SSSR count). The normalized spacial score (nSPS) is 10.9. The molecule has 8 heteroatoms. The molecule has 0 bridgehead atoms. The number of rotatable bonds is 8. The molecule has 0 heterocycles. The molecule has 0 aliphatic rings. The van der Waals surface area contributed by atoms with Crippen LogP contribution in [-0.2, 0) is 19.1 Å². The van der Waals surface area contributed by atoms with Gasteiger partial charge in [-0.1, -0.05) is 6.58 Å². The predicted octanol–water partition coefficient (Wildman–Crippen LogP) is 2.25. The highest BCUT2D eigenvalue weighted by atomic mass is 32.1. The molecule has 0 aliphatic heterocycles. The Hall–Kier alpha value is -1.18. The summed E-state index contributed by atoms with van der Waals surface area (Å²) in [6.45, 7) is 1.56. The van der Waals surface area contributed by atoms with E-state index in [2.05, 4.69) is 28.7 Å². The van der Waals surface area contributed by atoms with Gasteiger partial charge in [-0.2, -0.15) is 13.2 Å². The third kappa shape index (κ3) is 10.0. The van der Waals surface area contributed by atoms with Crippen molar-refractivity contribution in [2.45, 2.75) is 24.5 Å². The van der Waals surface area contributed by atoms with Crippen molar-refractivity contribution >= 4 is 24.6 Å². The Morgan fingerprint density at radius 2 is 1.83 bits per heavy atom. The van der Waals surface area contributed by atoms with Crippen molar-refractivity contribution in [2.24, 2.45) is 0 Å². The van der Waals surface area contributed by atoms with Crippen LogP contribution in [0, 0.1) is 0 Å². The Balaban J connectivity index is 3.52. The van der Waals surface area contributed by atoms with Crippen LogP contribution >= 0.6 is 12.6 Å². The van der Waals surface area contributed by atoms with E-state index in [0.717, 1.165) is 0 Å². The SMILES string of the molecule is C=C(F)C(=O)OCCCCC(=O)OCC(F)(F)S. The average Bonchev–Trinajstić information content (AvgIpc) is 2.24. The number of carbonyl (C=O) groups is 2. The number of alkyl halides is 2. The fourth-order valence-electron chi connectivity index (χ4n) is 0.854. The van der Waals surface area contributed by atoms with Crippen molar-refractivity contribution in [1.82, 2.24) is 0 Å². The van der Waals surface area contributed by atoms with Crippen LogP contribution in [0.1, 0.15) is 19.3 Å². The molecule has 0 aromatic carbocycles. The summed E-state index contributed by atoms with van der Waals surface area (Å²) >= 11 is 2.88. The zero-order chi connectivity index (χ0) is 14.2. The van der Waals surface area contributed by atoms with E-state index in [1.54, 1.807) is 0 Å². The quantitative estimate of drug-likeness (QED) is 0.322. The van der Waals surface area contributed by atoms with Gasteiger partial charge in [-0.25, -0.2) is 4.79 Å². The summed E-state index contributed by atoms with van der Waals surface area (Å²) < 4.78 is 45.1. The van der Waals surface area contributed by atoms with E-state index in [4.69, 9.17) is 0 Å². The molecule has 0 aromatic rings. The van der Waals surface area contributed by atoms with Crippen LogP contribution in [0.2, 0.25) is 0 Å². The maximum Gasteiger partial charge on any atom is 0.366 e. The summed E-state index contributed by atoms with van der Waals surface area (Å²) in [4.78, 5) is 21.5.